The van der Waals surface area contributed by atoms with Crippen molar-refractivity contribution in [3.63, 3.8) is 0 Å². The minimum Gasteiger partial charge on any atom is -0.481 e. The van der Waals surface area contributed by atoms with Gasteiger partial charge in [-0.25, -0.2) is 0 Å². The number of nitrogens with zero attached hydrogens (tertiary/aromatic N) is 2. The standard InChI is InChI=1S/C10H17F3N2O3/c1-4-15(6-8(16)14(2)3)5-7(9(17)18)10(11,12)13/h7H,4-6H2,1-3H3,(H,17,18). The van der Waals surface area contributed by atoms with Crippen molar-refractivity contribution in [1.29, 1.82) is 0 Å². The van der Waals surface area contributed by atoms with Crippen LogP contribution in [0.3, 0.4) is 0 Å². The van der Waals surface area contributed by atoms with E-state index in [1.165, 1.54) is 19.0 Å². The summed E-state index contributed by atoms with van der Waals surface area (Å²) in [6.07, 6.45) is -4.82. The Bertz CT molecular complexity index is 305. The number of carboxylic acid groups (broad SMARTS) is 1. The number of amides is 1. The quantitative estimate of drug-likeness (QED) is 0.770. The molecule has 18 heavy (non-hydrogen) atoms. The van der Waals surface area contributed by atoms with Crippen LogP contribution in [0.1, 0.15) is 6.92 Å². The summed E-state index contributed by atoms with van der Waals surface area (Å²) < 4.78 is 37.4. The number of hydrogen-bond donors (Lipinski definition) is 1. The van der Waals surface area contributed by atoms with Crippen LogP contribution in [-0.4, -0.2) is 66.7 Å². The van der Waals surface area contributed by atoms with Gasteiger partial charge in [-0.05, 0) is 6.54 Å². The van der Waals surface area contributed by atoms with Crippen LogP contribution in [0, 0.1) is 5.92 Å². The maximum atomic E-state index is 12.5. The van der Waals surface area contributed by atoms with Crippen LogP contribution in [0.5, 0.6) is 0 Å². The predicted octanol–water partition coefficient (Wildman–Crippen LogP) is 0.660. The fourth-order valence-electron chi connectivity index (χ4n) is 1.22. The average molecular weight is 270 g/mol. The Morgan fingerprint density at radius 1 is 1.28 bits per heavy atom. The summed E-state index contributed by atoms with van der Waals surface area (Å²) in [5, 5.41) is 8.55. The first-order chi connectivity index (χ1) is 8.09. The predicted molar refractivity (Wildman–Crippen MR) is 58.0 cm³/mol. The molecule has 1 unspecified atom stereocenters. The fourth-order valence-corrected chi connectivity index (χ4v) is 1.22. The van der Waals surface area contributed by atoms with Crippen molar-refractivity contribution in [1.82, 2.24) is 9.80 Å². The normalized spacial score (nSPS) is 13.5. The molecular weight excluding hydrogens is 253 g/mol. The second-order valence-corrected chi connectivity index (χ2v) is 4.05. The molecule has 0 aliphatic heterocycles. The van der Waals surface area contributed by atoms with Gasteiger partial charge >= 0.3 is 12.1 Å². The van der Waals surface area contributed by atoms with Gasteiger partial charge in [-0.3, -0.25) is 14.5 Å². The third-order valence-electron chi connectivity index (χ3n) is 2.44. The number of aliphatic carboxylic acids is 1. The van der Waals surface area contributed by atoms with Crippen molar-refractivity contribution in [2.45, 2.75) is 13.1 Å². The minimum absolute atomic E-state index is 0.166. The molecular formula is C10H17F3N2O3. The lowest BCUT2D eigenvalue weighted by molar-refractivity contribution is -0.196. The van der Waals surface area contributed by atoms with Gasteiger partial charge in [0.1, 0.15) is 0 Å². The minimum atomic E-state index is -4.82. The zero-order valence-electron chi connectivity index (χ0n) is 10.5. The smallest absolute Gasteiger partial charge is 0.403 e. The van der Waals surface area contributed by atoms with Gasteiger partial charge in [0, 0.05) is 20.6 Å². The Labute approximate surface area is 103 Å². The van der Waals surface area contributed by atoms with E-state index in [0.29, 0.717) is 0 Å². The second-order valence-electron chi connectivity index (χ2n) is 4.05. The molecule has 0 bridgehead atoms. The summed E-state index contributed by atoms with van der Waals surface area (Å²) in [7, 11) is 2.96. The van der Waals surface area contributed by atoms with E-state index in [1.54, 1.807) is 6.92 Å². The monoisotopic (exact) mass is 270 g/mol. The molecule has 0 radical (unpaired) electrons. The Morgan fingerprint density at radius 2 is 1.78 bits per heavy atom. The number of hydrogen-bond acceptors (Lipinski definition) is 3. The highest BCUT2D eigenvalue weighted by atomic mass is 19.4. The Morgan fingerprint density at radius 3 is 2.06 bits per heavy atom. The molecule has 1 amide bonds. The van der Waals surface area contributed by atoms with Crippen LogP contribution in [0.4, 0.5) is 13.2 Å². The molecule has 5 nitrogen and oxygen atoms in total. The van der Waals surface area contributed by atoms with Crippen molar-refractivity contribution in [2.24, 2.45) is 5.92 Å². The van der Waals surface area contributed by atoms with Gasteiger partial charge in [0.05, 0.1) is 6.54 Å². The van der Waals surface area contributed by atoms with Gasteiger partial charge in [0.15, 0.2) is 5.92 Å². The largest absolute Gasteiger partial charge is 0.481 e. The van der Waals surface area contributed by atoms with Gasteiger partial charge < -0.3 is 10.0 Å². The van der Waals surface area contributed by atoms with Crippen LogP contribution in [-0.2, 0) is 9.59 Å². The van der Waals surface area contributed by atoms with Crippen LogP contribution < -0.4 is 0 Å². The first kappa shape index (κ1) is 16.7. The first-order valence-electron chi connectivity index (χ1n) is 5.31. The molecule has 106 valence electrons. The summed E-state index contributed by atoms with van der Waals surface area (Å²) >= 11 is 0. The number of carbonyl (C=O) groups excluding carboxylic acids is 1. The molecule has 0 saturated heterocycles. The average Bonchev–Trinajstić information content (AvgIpc) is 2.20. The Kier molecular flexibility index (Phi) is 6.10. The van der Waals surface area contributed by atoms with Crippen molar-refractivity contribution < 1.29 is 27.9 Å². The van der Waals surface area contributed by atoms with E-state index in [1.807, 2.05) is 0 Å². The number of carbonyl (C=O) groups is 2. The van der Waals surface area contributed by atoms with Crippen LogP contribution in [0.15, 0.2) is 0 Å². The maximum Gasteiger partial charge on any atom is 0.403 e. The lowest BCUT2D eigenvalue weighted by Crippen LogP contribution is -2.44. The second kappa shape index (κ2) is 6.58. The number of rotatable bonds is 6. The highest BCUT2D eigenvalue weighted by Gasteiger charge is 2.45. The molecule has 0 fully saturated rings. The van der Waals surface area contributed by atoms with E-state index < -0.39 is 24.6 Å². The van der Waals surface area contributed by atoms with Crippen LogP contribution in [0.25, 0.3) is 0 Å². The maximum absolute atomic E-state index is 12.5. The van der Waals surface area contributed by atoms with Crippen molar-refractivity contribution in [3.8, 4) is 0 Å². The lowest BCUT2D eigenvalue weighted by atomic mass is 10.1. The topological polar surface area (TPSA) is 60.9 Å². The molecule has 1 atom stereocenters. The molecule has 0 aliphatic carbocycles. The lowest BCUT2D eigenvalue weighted by Gasteiger charge is -2.26. The molecule has 0 rings (SSSR count). The number of carboxylic acids is 1. The molecule has 0 aromatic carbocycles. The van der Waals surface area contributed by atoms with Gasteiger partial charge in [0.2, 0.25) is 5.91 Å². The van der Waals surface area contributed by atoms with Gasteiger partial charge in [0.25, 0.3) is 0 Å². The third-order valence-corrected chi connectivity index (χ3v) is 2.44. The number of likely N-dealkylation sites (N-methyl/N-ethyl adjacent to an activating group) is 2. The third kappa shape index (κ3) is 5.35. The fraction of sp³-hybridized carbons (Fsp3) is 0.800. The summed E-state index contributed by atoms with van der Waals surface area (Å²) in [6, 6.07) is 0. The highest BCUT2D eigenvalue weighted by Crippen LogP contribution is 2.27. The molecule has 0 aliphatic rings. The Balaban J connectivity index is 4.68. The van der Waals surface area contributed by atoms with E-state index >= 15 is 0 Å². The van der Waals surface area contributed by atoms with E-state index in [-0.39, 0.29) is 19.0 Å². The first-order valence-corrected chi connectivity index (χ1v) is 5.31. The molecule has 0 heterocycles. The molecule has 0 aromatic rings. The van der Waals surface area contributed by atoms with Crippen molar-refractivity contribution in [2.75, 3.05) is 33.7 Å². The van der Waals surface area contributed by atoms with Crippen molar-refractivity contribution in [3.05, 3.63) is 0 Å². The highest BCUT2D eigenvalue weighted by molar-refractivity contribution is 5.77. The summed E-state index contributed by atoms with van der Waals surface area (Å²) in [4.78, 5) is 24.3. The van der Waals surface area contributed by atoms with E-state index in [4.69, 9.17) is 5.11 Å². The molecule has 1 N–H and O–H groups in total. The summed E-state index contributed by atoms with van der Waals surface area (Å²) in [6.45, 7) is 0.774. The molecule has 0 aromatic heterocycles. The van der Waals surface area contributed by atoms with Gasteiger partial charge in [-0.2, -0.15) is 13.2 Å². The summed E-state index contributed by atoms with van der Waals surface area (Å²) in [5.74, 6) is -4.78. The number of halogens is 3. The zero-order valence-corrected chi connectivity index (χ0v) is 10.5. The van der Waals surface area contributed by atoms with Gasteiger partial charge in [-0.1, -0.05) is 6.92 Å². The van der Waals surface area contributed by atoms with Crippen molar-refractivity contribution >= 4 is 11.9 Å². The van der Waals surface area contributed by atoms with E-state index in [2.05, 4.69) is 0 Å². The van der Waals surface area contributed by atoms with Crippen LogP contribution in [0.2, 0.25) is 0 Å². The zero-order chi connectivity index (χ0) is 14.5. The van der Waals surface area contributed by atoms with E-state index in [0.717, 1.165) is 4.90 Å². The molecule has 0 spiro atoms. The Hall–Kier alpha value is -1.31. The van der Waals surface area contributed by atoms with E-state index in [9.17, 15) is 22.8 Å². The van der Waals surface area contributed by atoms with Gasteiger partial charge in [-0.15, -0.1) is 0 Å². The summed E-state index contributed by atoms with van der Waals surface area (Å²) in [5.41, 5.74) is 0. The van der Waals surface area contributed by atoms with Crippen LogP contribution >= 0.6 is 0 Å². The number of alkyl halides is 3. The molecule has 0 saturated carbocycles. The molecule has 8 heteroatoms. The SMILES string of the molecule is CCN(CC(=O)N(C)C)CC(C(=O)O)C(F)(F)F.